The first kappa shape index (κ1) is 22.0. The van der Waals surface area contributed by atoms with E-state index < -0.39 is 0 Å². The van der Waals surface area contributed by atoms with Gasteiger partial charge >= 0.3 is 0 Å². The van der Waals surface area contributed by atoms with Gasteiger partial charge in [-0.05, 0) is 43.2 Å². The Morgan fingerprint density at radius 2 is 1.89 bits per heavy atom. The summed E-state index contributed by atoms with van der Waals surface area (Å²) in [6, 6.07) is 18.0. The normalized spacial score (nSPS) is 16.3. The van der Waals surface area contributed by atoms with Crippen LogP contribution in [-0.2, 0) is 20.0 Å². The Morgan fingerprint density at radius 1 is 1.09 bits per heavy atom. The largest absolute Gasteiger partial charge is 0.477 e. The molecule has 6 heteroatoms. The predicted octanol–water partition coefficient (Wildman–Crippen LogP) is 6.15. The number of carbonyl (C=O) groups is 1. The molecule has 2 aliphatic heterocycles. The highest BCUT2D eigenvalue weighted by Gasteiger charge is 2.33. The first-order chi connectivity index (χ1) is 17.0. The minimum atomic E-state index is -0.0907. The Bertz CT molecular complexity index is 1520. The summed E-state index contributed by atoms with van der Waals surface area (Å²) in [6.45, 7) is 3.98. The number of hydrogen-bond donors (Lipinski definition) is 0. The molecule has 2 aliphatic rings. The second kappa shape index (κ2) is 8.59. The molecule has 1 aromatic heterocycles. The highest BCUT2D eigenvalue weighted by Crippen LogP contribution is 2.43. The van der Waals surface area contributed by atoms with Gasteiger partial charge in [-0.3, -0.25) is 9.69 Å². The van der Waals surface area contributed by atoms with Crippen LogP contribution in [0.4, 0.5) is 0 Å². The Balaban J connectivity index is 1.27. The van der Waals surface area contributed by atoms with E-state index in [1.54, 1.807) is 0 Å². The molecule has 4 aromatic rings. The zero-order valence-electron chi connectivity index (χ0n) is 19.7. The Morgan fingerprint density at radius 3 is 2.74 bits per heavy atom. The maximum Gasteiger partial charge on any atom is 0.231 e. The van der Waals surface area contributed by atoms with Crippen molar-refractivity contribution in [1.82, 2.24) is 9.47 Å². The number of carbonyl (C=O) groups excluding carboxylic acids is 1. The van der Waals surface area contributed by atoms with Crippen LogP contribution in [0.3, 0.4) is 0 Å². The number of ether oxygens (including phenoxy) is 2. The molecule has 176 valence electrons. The number of Topliss-reactive ketones (excluding diaryl/α,β-unsaturated/α-hetero) is 1. The van der Waals surface area contributed by atoms with Crippen molar-refractivity contribution in [1.29, 1.82) is 0 Å². The fraction of sp³-hybridized carbons (Fsp3) is 0.207. The van der Waals surface area contributed by atoms with E-state index in [-0.39, 0.29) is 5.78 Å². The first-order valence-corrected chi connectivity index (χ1v) is 12.1. The lowest BCUT2D eigenvalue weighted by molar-refractivity contribution is 0.0954. The van der Waals surface area contributed by atoms with Gasteiger partial charge in [0.25, 0.3) is 0 Å². The lowest BCUT2D eigenvalue weighted by Gasteiger charge is -2.30. The van der Waals surface area contributed by atoms with Crippen molar-refractivity contribution in [3.05, 3.63) is 99.4 Å². The number of hydrogen-bond acceptors (Lipinski definition) is 4. The van der Waals surface area contributed by atoms with Crippen LogP contribution in [0.5, 0.6) is 11.5 Å². The molecular formula is C29H25ClN2O3. The van der Waals surface area contributed by atoms with Crippen LogP contribution >= 0.6 is 11.6 Å². The molecule has 35 heavy (non-hydrogen) atoms. The number of nitrogens with zero attached hydrogens (tertiary/aromatic N) is 2. The number of rotatable bonds is 4. The van der Waals surface area contributed by atoms with E-state index >= 15 is 0 Å². The van der Waals surface area contributed by atoms with Gasteiger partial charge in [-0.2, -0.15) is 0 Å². The van der Waals surface area contributed by atoms with Gasteiger partial charge in [0.15, 0.2) is 5.76 Å². The van der Waals surface area contributed by atoms with Crippen LogP contribution in [0.25, 0.3) is 17.0 Å². The molecule has 0 unspecified atom stereocenters. The Hall–Kier alpha value is -3.54. The fourth-order valence-electron chi connectivity index (χ4n) is 5.05. The van der Waals surface area contributed by atoms with Gasteiger partial charge in [-0.15, -0.1) is 0 Å². The number of aromatic nitrogens is 1. The minimum Gasteiger partial charge on any atom is -0.477 e. The molecule has 0 bridgehead atoms. The number of benzene rings is 3. The van der Waals surface area contributed by atoms with E-state index in [0.29, 0.717) is 30.3 Å². The molecule has 0 radical (unpaired) electrons. The van der Waals surface area contributed by atoms with E-state index in [2.05, 4.69) is 27.7 Å². The van der Waals surface area contributed by atoms with E-state index in [0.717, 1.165) is 56.9 Å². The van der Waals surface area contributed by atoms with Gasteiger partial charge in [0, 0.05) is 58.9 Å². The van der Waals surface area contributed by atoms with Crippen LogP contribution in [-0.4, -0.2) is 28.5 Å². The summed E-state index contributed by atoms with van der Waals surface area (Å²) < 4.78 is 14.3. The summed E-state index contributed by atoms with van der Waals surface area (Å²) >= 11 is 6.32. The van der Waals surface area contributed by atoms with E-state index in [1.165, 1.54) is 0 Å². The average molecular weight is 485 g/mol. The first-order valence-electron chi connectivity index (χ1n) is 11.7. The highest BCUT2D eigenvalue weighted by atomic mass is 35.5. The van der Waals surface area contributed by atoms with Gasteiger partial charge in [-0.1, -0.05) is 48.0 Å². The van der Waals surface area contributed by atoms with E-state index in [4.69, 9.17) is 21.1 Å². The molecule has 0 saturated carbocycles. The van der Waals surface area contributed by atoms with Crippen LogP contribution in [0.1, 0.15) is 32.6 Å². The number of allylic oxidation sites excluding steroid dienone is 1. The Labute approximate surface area is 209 Å². The number of fused-ring (bicyclic) bond motifs is 3. The molecule has 3 heterocycles. The van der Waals surface area contributed by atoms with Gasteiger partial charge < -0.3 is 14.0 Å². The number of aryl methyl sites for hydroxylation is 1. The summed E-state index contributed by atoms with van der Waals surface area (Å²) in [5.41, 5.74) is 5.68. The van der Waals surface area contributed by atoms with Gasteiger partial charge in [0.1, 0.15) is 18.2 Å². The second-order valence-corrected chi connectivity index (χ2v) is 9.59. The summed E-state index contributed by atoms with van der Waals surface area (Å²) in [5, 5.41) is 1.87. The zero-order valence-corrected chi connectivity index (χ0v) is 20.4. The third kappa shape index (κ3) is 3.81. The molecule has 0 aliphatic carbocycles. The van der Waals surface area contributed by atoms with Gasteiger partial charge in [-0.25, -0.2) is 0 Å². The maximum atomic E-state index is 13.3. The molecule has 6 rings (SSSR count). The standard InChI is InChI=1S/C29H25ClN2O3/c1-18-28-21(16-32(17-34-28)12-11-19-7-3-5-9-24(19)30)13-23-27(33)26(35-29(18)23)14-20-15-31(2)25-10-6-4-8-22(20)25/h3-10,13-15H,11-12,16-17H2,1-2H3/b26-14-. The minimum absolute atomic E-state index is 0.0907. The molecular weight excluding hydrogens is 460 g/mol. The molecule has 0 N–H and O–H groups in total. The Kier molecular flexibility index (Phi) is 5.39. The number of halogens is 1. The number of para-hydroxylation sites is 1. The molecule has 0 fully saturated rings. The van der Waals surface area contributed by atoms with E-state index in [9.17, 15) is 4.79 Å². The monoisotopic (exact) mass is 484 g/mol. The zero-order chi connectivity index (χ0) is 24.1. The SMILES string of the molecule is Cc1c2c(cc3c1O/C(=C\c1cn(C)c4ccccc14)C3=O)CN(CCc1ccccc1Cl)CO2. The molecule has 0 amide bonds. The summed E-state index contributed by atoms with van der Waals surface area (Å²) in [6.07, 6.45) is 4.71. The third-order valence-electron chi connectivity index (χ3n) is 6.87. The third-order valence-corrected chi connectivity index (χ3v) is 7.24. The molecule has 5 nitrogen and oxygen atoms in total. The highest BCUT2D eigenvalue weighted by molar-refractivity contribution is 6.31. The van der Waals surface area contributed by atoms with Crippen LogP contribution in [0, 0.1) is 6.92 Å². The van der Waals surface area contributed by atoms with Crippen molar-refractivity contribution in [2.75, 3.05) is 13.3 Å². The topological polar surface area (TPSA) is 43.7 Å². The maximum absolute atomic E-state index is 13.3. The summed E-state index contributed by atoms with van der Waals surface area (Å²) in [5.74, 6) is 1.67. The van der Waals surface area contributed by atoms with Crippen LogP contribution in [0.15, 0.2) is 66.6 Å². The van der Waals surface area contributed by atoms with Gasteiger partial charge in [0.2, 0.25) is 5.78 Å². The van der Waals surface area contributed by atoms with Crippen LogP contribution in [0.2, 0.25) is 5.02 Å². The molecule has 0 atom stereocenters. The summed E-state index contributed by atoms with van der Waals surface area (Å²) in [4.78, 5) is 15.6. The van der Waals surface area contributed by atoms with Crippen molar-refractivity contribution in [3.8, 4) is 11.5 Å². The second-order valence-electron chi connectivity index (χ2n) is 9.19. The average Bonchev–Trinajstić information content (AvgIpc) is 3.35. The molecule has 3 aromatic carbocycles. The fourth-order valence-corrected chi connectivity index (χ4v) is 5.28. The lowest BCUT2D eigenvalue weighted by Crippen LogP contribution is -2.34. The van der Waals surface area contributed by atoms with Crippen molar-refractivity contribution >= 4 is 34.4 Å². The van der Waals surface area contributed by atoms with Crippen molar-refractivity contribution in [3.63, 3.8) is 0 Å². The van der Waals surface area contributed by atoms with Crippen molar-refractivity contribution in [2.24, 2.45) is 7.05 Å². The van der Waals surface area contributed by atoms with Gasteiger partial charge in [0.05, 0.1) is 5.56 Å². The molecule has 0 spiro atoms. The predicted molar refractivity (Wildman–Crippen MR) is 138 cm³/mol. The van der Waals surface area contributed by atoms with Crippen LogP contribution < -0.4 is 9.47 Å². The molecule has 0 saturated heterocycles. The quantitative estimate of drug-likeness (QED) is 0.326. The lowest BCUT2D eigenvalue weighted by atomic mass is 9.99. The van der Waals surface area contributed by atoms with Crippen molar-refractivity contribution < 1.29 is 14.3 Å². The summed E-state index contributed by atoms with van der Waals surface area (Å²) in [7, 11) is 2.00. The number of ketones is 1. The van der Waals surface area contributed by atoms with E-state index in [1.807, 2.05) is 62.6 Å². The smallest absolute Gasteiger partial charge is 0.231 e. The van der Waals surface area contributed by atoms with Crippen molar-refractivity contribution in [2.45, 2.75) is 19.9 Å².